The number of aryl methyl sites for hydroxylation is 2. The van der Waals surface area contributed by atoms with Crippen LogP contribution in [0, 0.1) is 0 Å². The number of hydrogen-bond acceptors (Lipinski definition) is 5. The number of rotatable bonds is 4. The van der Waals surface area contributed by atoms with E-state index in [1.165, 1.54) is 59.7 Å². The molecular formula is C20H27N3O3S2. The largest absolute Gasteiger partial charge is 0.385 e. The van der Waals surface area contributed by atoms with E-state index in [4.69, 9.17) is 10.9 Å². The fourth-order valence-corrected chi connectivity index (χ4v) is 5.36. The second-order valence-corrected chi connectivity index (χ2v) is 10.1. The SMILES string of the molecule is CC(C)(O)c1cnc(S(N)=O)s1.NC(=O)Cc1c2c(cc3c1CCC3)CCC2. The number of primary amides is 1. The summed E-state index contributed by atoms with van der Waals surface area (Å²) in [5.74, 6) is -0.186. The van der Waals surface area contributed by atoms with Crippen LogP contribution in [0.5, 0.6) is 0 Å². The zero-order chi connectivity index (χ0) is 20.5. The summed E-state index contributed by atoms with van der Waals surface area (Å²) in [4.78, 5) is 15.7. The zero-order valence-electron chi connectivity index (χ0n) is 16.3. The second kappa shape index (κ2) is 8.41. The molecule has 0 aliphatic heterocycles. The highest BCUT2D eigenvalue weighted by atomic mass is 32.2. The molecule has 0 fully saturated rings. The van der Waals surface area contributed by atoms with Crippen molar-refractivity contribution in [2.24, 2.45) is 10.9 Å². The van der Waals surface area contributed by atoms with Crippen LogP contribution in [0.2, 0.25) is 0 Å². The van der Waals surface area contributed by atoms with Gasteiger partial charge < -0.3 is 10.8 Å². The number of thiazole rings is 1. The van der Waals surface area contributed by atoms with Crippen LogP contribution in [0.4, 0.5) is 0 Å². The van der Waals surface area contributed by atoms with E-state index in [0.717, 1.165) is 24.2 Å². The molecule has 1 amide bonds. The third-order valence-electron chi connectivity index (χ3n) is 5.21. The maximum Gasteiger partial charge on any atom is 0.221 e. The Hall–Kier alpha value is -1.61. The van der Waals surface area contributed by atoms with Crippen molar-refractivity contribution in [1.82, 2.24) is 4.98 Å². The van der Waals surface area contributed by atoms with Gasteiger partial charge in [-0.25, -0.2) is 14.3 Å². The minimum atomic E-state index is -1.55. The second-order valence-electron chi connectivity index (χ2n) is 7.83. The highest BCUT2D eigenvalue weighted by molar-refractivity contribution is 7.84. The lowest BCUT2D eigenvalue weighted by atomic mass is 9.92. The summed E-state index contributed by atoms with van der Waals surface area (Å²) in [7, 11) is -1.55. The summed E-state index contributed by atoms with van der Waals surface area (Å²) < 4.78 is 11.1. The van der Waals surface area contributed by atoms with E-state index >= 15 is 0 Å². The Bertz CT molecular complexity index is 884. The van der Waals surface area contributed by atoms with Gasteiger partial charge in [0.25, 0.3) is 0 Å². The molecule has 8 heteroatoms. The van der Waals surface area contributed by atoms with Gasteiger partial charge in [-0.3, -0.25) is 4.79 Å². The highest BCUT2D eigenvalue weighted by Gasteiger charge is 2.24. The normalized spacial score (nSPS) is 16.1. The van der Waals surface area contributed by atoms with E-state index in [1.54, 1.807) is 13.8 Å². The number of nitrogens with two attached hydrogens (primary N) is 2. The minimum absolute atomic E-state index is 0.186. The Kier molecular flexibility index (Phi) is 6.34. The molecule has 1 atom stereocenters. The summed E-state index contributed by atoms with van der Waals surface area (Å²) in [6, 6.07) is 2.38. The Labute approximate surface area is 172 Å². The average Bonchev–Trinajstić information content (AvgIpc) is 3.34. The predicted molar refractivity (Wildman–Crippen MR) is 111 cm³/mol. The molecule has 0 saturated carbocycles. The van der Waals surface area contributed by atoms with Crippen LogP contribution in [0.25, 0.3) is 0 Å². The van der Waals surface area contributed by atoms with Gasteiger partial charge in [0.1, 0.15) is 0 Å². The first-order chi connectivity index (χ1) is 13.2. The molecule has 1 heterocycles. The third-order valence-corrected chi connectivity index (χ3v) is 7.51. The van der Waals surface area contributed by atoms with E-state index in [1.807, 2.05) is 0 Å². The molecule has 0 spiro atoms. The summed E-state index contributed by atoms with van der Waals surface area (Å²) in [6.07, 6.45) is 9.09. The van der Waals surface area contributed by atoms with E-state index < -0.39 is 16.6 Å². The summed E-state index contributed by atoms with van der Waals surface area (Å²) in [5, 5.41) is 14.6. The number of fused-ring (bicyclic) bond motifs is 2. The van der Waals surface area contributed by atoms with E-state index in [0.29, 0.717) is 15.6 Å². The molecule has 6 nitrogen and oxygen atoms in total. The molecule has 2 aliphatic carbocycles. The minimum Gasteiger partial charge on any atom is -0.385 e. The van der Waals surface area contributed by atoms with Gasteiger partial charge in [-0.2, -0.15) is 0 Å². The van der Waals surface area contributed by atoms with Crippen LogP contribution in [0.1, 0.15) is 59.4 Å². The Morgan fingerprint density at radius 2 is 1.79 bits per heavy atom. The van der Waals surface area contributed by atoms with Gasteiger partial charge in [0.15, 0.2) is 15.3 Å². The van der Waals surface area contributed by atoms with Gasteiger partial charge in [-0.05, 0) is 80.2 Å². The standard InChI is InChI=1S/C14H17NO.C6H10N2O2S2/c15-14(16)8-13-11-5-1-3-9(11)7-10-4-2-6-12(10)13;1-6(2,9)4-3-8-5(11-4)12(7)10/h7H,1-6,8H2,(H2,15,16);3,9H,7H2,1-2H3. The first kappa shape index (κ1) is 21.1. The van der Waals surface area contributed by atoms with E-state index in [9.17, 15) is 14.1 Å². The number of hydrogen-bond donors (Lipinski definition) is 3. The molecule has 0 radical (unpaired) electrons. The van der Waals surface area contributed by atoms with Crippen LogP contribution in [-0.2, 0) is 53.5 Å². The lowest BCUT2D eigenvalue weighted by Gasteiger charge is -2.13. The molecule has 1 aromatic heterocycles. The number of aromatic nitrogens is 1. The Morgan fingerprint density at radius 1 is 1.21 bits per heavy atom. The topological polar surface area (TPSA) is 119 Å². The quantitative estimate of drug-likeness (QED) is 0.700. The van der Waals surface area contributed by atoms with Crippen molar-refractivity contribution in [1.29, 1.82) is 0 Å². The molecule has 28 heavy (non-hydrogen) atoms. The molecule has 0 saturated heterocycles. The molecule has 2 aromatic rings. The van der Waals surface area contributed by atoms with Crippen molar-refractivity contribution in [3.8, 4) is 0 Å². The van der Waals surface area contributed by atoms with Gasteiger partial charge in [0, 0.05) is 6.20 Å². The molecular weight excluding hydrogens is 394 g/mol. The van der Waals surface area contributed by atoms with Gasteiger partial charge in [0.05, 0.1) is 16.9 Å². The third kappa shape index (κ3) is 4.68. The molecule has 4 rings (SSSR count). The van der Waals surface area contributed by atoms with Gasteiger partial charge >= 0.3 is 0 Å². The summed E-state index contributed by atoms with van der Waals surface area (Å²) in [6.45, 7) is 3.29. The van der Waals surface area contributed by atoms with Gasteiger partial charge in [0.2, 0.25) is 5.91 Å². The number of carbonyl (C=O) groups excluding carboxylic acids is 1. The average molecular weight is 422 g/mol. The fourth-order valence-electron chi connectivity index (χ4n) is 3.96. The van der Waals surface area contributed by atoms with Crippen LogP contribution in [0.3, 0.4) is 0 Å². The van der Waals surface area contributed by atoms with Gasteiger partial charge in [-0.1, -0.05) is 6.07 Å². The molecule has 5 N–H and O–H groups in total. The molecule has 152 valence electrons. The number of benzene rings is 1. The maximum atomic E-state index is 11.2. The molecule has 2 aliphatic rings. The number of amides is 1. The van der Waals surface area contributed by atoms with Crippen LogP contribution in [0.15, 0.2) is 16.6 Å². The highest BCUT2D eigenvalue weighted by Crippen LogP contribution is 2.35. The van der Waals surface area contributed by atoms with Crippen molar-refractivity contribution in [3.05, 3.63) is 45.0 Å². The first-order valence-electron chi connectivity index (χ1n) is 9.45. The summed E-state index contributed by atoms with van der Waals surface area (Å²) in [5.41, 5.74) is 11.6. The van der Waals surface area contributed by atoms with Crippen molar-refractivity contribution in [2.75, 3.05) is 0 Å². The van der Waals surface area contributed by atoms with Gasteiger partial charge in [-0.15, -0.1) is 11.3 Å². The van der Waals surface area contributed by atoms with Crippen molar-refractivity contribution >= 4 is 28.2 Å². The van der Waals surface area contributed by atoms with Crippen molar-refractivity contribution in [2.45, 2.75) is 68.7 Å². The number of aliphatic hydroxyl groups is 1. The maximum absolute atomic E-state index is 11.2. The lowest BCUT2D eigenvalue weighted by Crippen LogP contribution is -2.16. The van der Waals surface area contributed by atoms with Crippen LogP contribution in [-0.4, -0.2) is 20.2 Å². The number of nitrogens with zero attached hydrogens (tertiary/aromatic N) is 1. The smallest absolute Gasteiger partial charge is 0.221 e. The summed E-state index contributed by atoms with van der Waals surface area (Å²) >= 11 is 1.16. The molecule has 0 bridgehead atoms. The van der Waals surface area contributed by atoms with Crippen molar-refractivity contribution < 1.29 is 14.1 Å². The fraction of sp³-hybridized carbons (Fsp3) is 0.500. The Morgan fingerprint density at radius 3 is 2.18 bits per heavy atom. The first-order valence-corrected chi connectivity index (χ1v) is 11.5. The van der Waals surface area contributed by atoms with E-state index in [-0.39, 0.29) is 5.91 Å². The van der Waals surface area contributed by atoms with E-state index in [2.05, 4.69) is 11.1 Å². The lowest BCUT2D eigenvalue weighted by molar-refractivity contribution is -0.117. The molecule has 1 aromatic carbocycles. The molecule has 1 unspecified atom stereocenters. The number of carbonyl (C=O) groups is 1. The van der Waals surface area contributed by atoms with Crippen LogP contribution < -0.4 is 10.9 Å². The van der Waals surface area contributed by atoms with Crippen LogP contribution >= 0.6 is 11.3 Å². The predicted octanol–water partition coefficient (Wildman–Crippen LogP) is 2.04. The zero-order valence-corrected chi connectivity index (χ0v) is 17.9. The van der Waals surface area contributed by atoms with Crippen molar-refractivity contribution in [3.63, 3.8) is 0 Å². The monoisotopic (exact) mass is 421 g/mol. The Balaban J connectivity index is 0.000000169.